The van der Waals surface area contributed by atoms with Crippen LogP contribution in [0.15, 0.2) is 30.5 Å². The average Bonchev–Trinajstić information content (AvgIpc) is 2.71. The lowest BCUT2D eigenvalue weighted by molar-refractivity contribution is 0.451. The second-order valence-electron chi connectivity index (χ2n) is 6.04. The molecule has 1 atom stereocenters. The summed E-state index contributed by atoms with van der Waals surface area (Å²) in [6.45, 7) is 7.82. The largest absolute Gasteiger partial charge is 0.350 e. The minimum atomic E-state index is 0.585. The molecule has 1 aromatic heterocycles. The molecule has 19 heavy (non-hydrogen) atoms. The second kappa shape index (κ2) is 6.25. The van der Waals surface area contributed by atoms with Crippen molar-refractivity contribution in [3.63, 3.8) is 0 Å². The Kier molecular flexibility index (Phi) is 4.65. The Hall–Kier alpha value is -1.28. The van der Waals surface area contributed by atoms with Crippen molar-refractivity contribution >= 4 is 10.9 Å². The average molecular weight is 258 g/mol. The summed E-state index contributed by atoms with van der Waals surface area (Å²) >= 11 is 0. The zero-order valence-electron chi connectivity index (χ0n) is 12.6. The second-order valence-corrected chi connectivity index (χ2v) is 6.04. The van der Waals surface area contributed by atoms with E-state index in [2.05, 4.69) is 68.2 Å². The molecule has 2 nitrogen and oxygen atoms in total. The molecule has 0 radical (unpaired) electrons. The van der Waals surface area contributed by atoms with E-state index in [1.54, 1.807) is 0 Å². The molecule has 1 N–H and O–H groups in total. The minimum Gasteiger partial charge on any atom is -0.350 e. The van der Waals surface area contributed by atoms with Gasteiger partial charge in [-0.05, 0) is 37.3 Å². The molecule has 2 rings (SSSR count). The number of aromatic nitrogens is 1. The predicted octanol–water partition coefficient (Wildman–Crippen LogP) is 4.09. The number of aryl methyl sites for hydroxylation is 1. The van der Waals surface area contributed by atoms with Crippen molar-refractivity contribution in [1.82, 2.24) is 9.88 Å². The van der Waals surface area contributed by atoms with E-state index in [9.17, 15) is 0 Å². The zero-order chi connectivity index (χ0) is 13.8. The van der Waals surface area contributed by atoms with E-state index in [-0.39, 0.29) is 0 Å². The summed E-state index contributed by atoms with van der Waals surface area (Å²) in [6.07, 6.45) is 4.79. The van der Waals surface area contributed by atoms with Gasteiger partial charge in [0, 0.05) is 36.7 Å². The Bertz CT molecular complexity index is 525. The van der Waals surface area contributed by atoms with Crippen LogP contribution < -0.4 is 5.32 Å². The fourth-order valence-corrected chi connectivity index (χ4v) is 2.54. The summed E-state index contributed by atoms with van der Waals surface area (Å²) in [5, 5.41) is 5.02. The topological polar surface area (TPSA) is 17.0 Å². The van der Waals surface area contributed by atoms with Crippen LogP contribution in [-0.2, 0) is 13.6 Å². The molecule has 0 aliphatic heterocycles. The van der Waals surface area contributed by atoms with Gasteiger partial charge in [-0.3, -0.25) is 0 Å². The monoisotopic (exact) mass is 258 g/mol. The Balaban J connectivity index is 1.98. The first kappa shape index (κ1) is 14.1. The van der Waals surface area contributed by atoms with Gasteiger partial charge in [-0.2, -0.15) is 0 Å². The van der Waals surface area contributed by atoms with E-state index in [0.717, 1.165) is 12.5 Å². The molecule has 1 aromatic carbocycles. The SMILES string of the molecule is CC(C)CCC(C)NCc1cn(C)c2ccccc12. The van der Waals surface area contributed by atoms with Crippen molar-refractivity contribution in [3.8, 4) is 0 Å². The fraction of sp³-hybridized carbons (Fsp3) is 0.529. The fourth-order valence-electron chi connectivity index (χ4n) is 2.54. The van der Waals surface area contributed by atoms with Crippen LogP contribution in [-0.4, -0.2) is 10.6 Å². The van der Waals surface area contributed by atoms with Crippen molar-refractivity contribution < 1.29 is 0 Å². The molecule has 0 fully saturated rings. The summed E-state index contributed by atoms with van der Waals surface area (Å²) in [6, 6.07) is 9.20. The Morgan fingerprint density at radius 2 is 1.84 bits per heavy atom. The maximum Gasteiger partial charge on any atom is 0.0481 e. The number of rotatable bonds is 6. The molecule has 0 spiro atoms. The molecule has 0 amide bonds. The van der Waals surface area contributed by atoms with Crippen LogP contribution >= 0.6 is 0 Å². The number of benzene rings is 1. The van der Waals surface area contributed by atoms with Crippen LogP contribution in [0, 0.1) is 5.92 Å². The van der Waals surface area contributed by atoms with E-state index in [1.165, 1.54) is 29.3 Å². The lowest BCUT2D eigenvalue weighted by atomic mass is 10.0. The van der Waals surface area contributed by atoms with E-state index < -0.39 is 0 Å². The highest BCUT2D eigenvalue weighted by Crippen LogP contribution is 2.20. The van der Waals surface area contributed by atoms with Gasteiger partial charge in [-0.15, -0.1) is 0 Å². The summed E-state index contributed by atoms with van der Waals surface area (Å²) in [5.41, 5.74) is 2.71. The van der Waals surface area contributed by atoms with Crippen molar-refractivity contribution in [1.29, 1.82) is 0 Å². The quantitative estimate of drug-likeness (QED) is 0.825. The maximum atomic E-state index is 3.65. The molecule has 0 bridgehead atoms. The lowest BCUT2D eigenvalue weighted by Gasteiger charge is -2.14. The van der Waals surface area contributed by atoms with E-state index in [1.807, 2.05) is 0 Å². The van der Waals surface area contributed by atoms with Crippen LogP contribution in [0.3, 0.4) is 0 Å². The normalized spacial score (nSPS) is 13.3. The predicted molar refractivity (Wildman–Crippen MR) is 83.3 cm³/mol. The number of nitrogens with zero attached hydrogens (tertiary/aromatic N) is 1. The van der Waals surface area contributed by atoms with Gasteiger partial charge in [0.1, 0.15) is 0 Å². The molecule has 0 saturated heterocycles. The number of fused-ring (bicyclic) bond motifs is 1. The maximum absolute atomic E-state index is 3.65. The van der Waals surface area contributed by atoms with Crippen LogP contribution in [0.4, 0.5) is 0 Å². The highest BCUT2D eigenvalue weighted by Gasteiger charge is 2.08. The molecule has 104 valence electrons. The first-order valence-corrected chi connectivity index (χ1v) is 7.34. The molecule has 2 heteroatoms. The van der Waals surface area contributed by atoms with Crippen molar-refractivity contribution in [2.24, 2.45) is 13.0 Å². The third-order valence-corrected chi connectivity index (χ3v) is 3.80. The summed E-state index contributed by atoms with van der Waals surface area (Å²) in [5.74, 6) is 0.793. The minimum absolute atomic E-state index is 0.585. The molecular formula is C17H26N2. The molecular weight excluding hydrogens is 232 g/mol. The third kappa shape index (κ3) is 3.60. The Labute approximate surface area is 116 Å². The van der Waals surface area contributed by atoms with Gasteiger partial charge in [0.2, 0.25) is 0 Å². The van der Waals surface area contributed by atoms with E-state index in [0.29, 0.717) is 6.04 Å². The van der Waals surface area contributed by atoms with Gasteiger partial charge in [-0.25, -0.2) is 0 Å². The third-order valence-electron chi connectivity index (χ3n) is 3.80. The van der Waals surface area contributed by atoms with Gasteiger partial charge in [0.05, 0.1) is 0 Å². The zero-order valence-corrected chi connectivity index (χ0v) is 12.6. The first-order valence-electron chi connectivity index (χ1n) is 7.34. The number of hydrogen-bond acceptors (Lipinski definition) is 1. The molecule has 2 aromatic rings. The Morgan fingerprint density at radius 3 is 2.58 bits per heavy atom. The molecule has 1 unspecified atom stereocenters. The van der Waals surface area contributed by atoms with Crippen molar-refractivity contribution in [2.75, 3.05) is 0 Å². The van der Waals surface area contributed by atoms with Gasteiger partial charge < -0.3 is 9.88 Å². The summed E-state index contributed by atoms with van der Waals surface area (Å²) in [7, 11) is 2.12. The standard InChI is InChI=1S/C17H26N2/c1-13(2)9-10-14(3)18-11-15-12-19(4)17-8-6-5-7-16(15)17/h5-8,12-14,18H,9-11H2,1-4H3. The van der Waals surface area contributed by atoms with Crippen LogP contribution in [0.25, 0.3) is 10.9 Å². The molecule has 0 aliphatic carbocycles. The highest BCUT2D eigenvalue weighted by atomic mass is 14.9. The highest BCUT2D eigenvalue weighted by molar-refractivity contribution is 5.83. The van der Waals surface area contributed by atoms with Gasteiger partial charge in [0.15, 0.2) is 0 Å². The number of hydrogen-bond donors (Lipinski definition) is 1. The smallest absolute Gasteiger partial charge is 0.0481 e. The van der Waals surface area contributed by atoms with Crippen molar-refractivity contribution in [3.05, 3.63) is 36.0 Å². The molecule has 0 aliphatic rings. The Morgan fingerprint density at radius 1 is 1.11 bits per heavy atom. The van der Waals surface area contributed by atoms with E-state index >= 15 is 0 Å². The van der Waals surface area contributed by atoms with E-state index in [4.69, 9.17) is 0 Å². The van der Waals surface area contributed by atoms with Gasteiger partial charge >= 0.3 is 0 Å². The van der Waals surface area contributed by atoms with Crippen LogP contribution in [0.5, 0.6) is 0 Å². The van der Waals surface area contributed by atoms with Crippen LogP contribution in [0.2, 0.25) is 0 Å². The summed E-state index contributed by atoms with van der Waals surface area (Å²) in [4.78, 5) is 0. The summed E-state index contributed by atoms with van der Waals surface area (Å²) < 4.78 is 2.21. The lowest BCUT2D eigenvalue weighted by Crippen LogP contribution is -2.25. The van der Waals surface area contributed by atoms with Gasteiger partial charge in [0.25, 0.3) is 0 Å². The molecule has 0 saturated carbocycles. The van der Waals surface area contributed by atoms with Crippen LogP contribution in [0.1, 0.15) is 39.2 Å². The number of nitrogens with one attached hydrogen (secondary N) is 1. The van der Waals surface area contributed by atoms with Gasteiger partial charge in [-0.1, -0.05) is 32.0 Å². The molecule has 1 heterocycles. The first-order chi connectivity index (χ1) is 9.08. The number of para-hydroxylation sites is 1. The van der Waals surface area contributed by atoms with Crippen molar-refractivity contribution in [2.45, 2.75) is 46.2 Å².